The number of nitrogens with two attached hydrogens (primary N) is 1. The van der Waals surface area contributed by atoms with Gasteiger partial charge in [-0.15, -0.1) is 0 Å². The van der Waals surface area contributed by atoms with Gasteiger partial charge in [-0.1, -0.05) is 39.2 Å². The summed E-state index contributed by atoms with van der Waals surface area (Å²) in [5, 5.41) is 2.97. The van der Waals surface area contributed by atoms with Gasteiger partial charge in [0, 0.05) is 13.0 Å². The third-order valence-corrected chi connectivity index (χ3v) is 3.53. The zero-order valence-corrected chi connectivity index (χ0v) is 14.0. The van der Waals surface area contributed by atoms with Crippen LogP contribution in [-0.4, -0.2) is 19.1 Å². The number of hydrogen-bond acceptors (Lipinski definition) is 3. The van der Waals surface area contributed by atoms with Crippen LogP contribution in [0.2, 0.25) is 0 Å². The fourth-order valence-electron chi connectivity index (χ4n) is 2.22. The lowest BCUT2D eigenvalue weighted by Gasteiger charge is -2.10. The van der Waals surface area contributed by atoms with Crippen molar-refractivity contribution in [1.82, 2.24) is 5.32 Å². The third kappa shape index (κ3) is 7.34. The molecule has 0 fully saturated rings. The zero-order chi connectivity index (χ0) is 16.2. The van der Waals surface area contributed by atoms with Gasteiger partial charge in [0.2, 0.25) is 5.91 Å². The Bertz CT molecular complexity index is 447. The zero-order valence-electron chi connectivity index (χ0n) is 14.0. The van der Waals surface area contributed by atoms with Crippen LogP contribution < -0.4 is 15.8 Å². The molecule has 0 aliphatic heterocycles. The molecule has 0 aliphatic rings. The number of nitrogens with one attached hydrogen (secondary N) is 1. The number of ether oxygens (including phenoxy) is 1. The van der Waals surface area contributed by atoms with E-state index in [4.69, 9.17) is 10.5 Å². The summed E-state index contributed by atoms with van der Waals surface area (Å²) < 4.78 is 5.55. The number of amides is 1. The first-order chi connectivity index (χ1) is 10.7. The second-order valence-electron chi connectivity index (χ2n) is 5.63. The molecule has 0 spiro atoms. The Morgan fingerprint density at radius 1 is 1.18 bits per heavy atom. The van der Waals surface area contributed by atoms with Crippen LogP contribution in [0.3, 0.4) is 0 Å². The molecule has 1 aromatic carbocycles. The molecule has 0 aromatic heterocycles. The predicted molar refractivity (Wildman–Crippen MR) is 92.1 cm³/mol. The molecular formula is C18H30N2O2. The van der Waals surface area contributed by atoms with E-state index in [0.717, 1.165) is 30.7 Å². The van der Waals surface area contributed by atoms with Crippen LogP contribution in [0.15, 0.2) is 18.2 Å². The van der Waals surface area contributed by atoms with E-state index in [9.17, 15) is 4.79 Å². The highest BCUT2D eigenvalue weighted by Crippen LogP contribution is 2.23. The number of hydrogen-bond donors (Lipinski definition) is 2. The minimum Gasteiger partial charge on any atom is -0.491 e. The van der Waals surface area contributed by atoms with E-state index >= 15 is 0 Å². The summed E-state index contributed by atoms with van der Waals surface area (Å²) in [6.45, 7) is 5.70. The summed E-state index contributed by atoms with van der Waals surface area (Å²) in [6.07, 6.45) is 6.87. The number of unbranched alkanes of at least 4 members (excludes halogenated alkanes) is 3. The lowest BCUT2D eigenvalue weighted by Crippen LogP contribution is -2.24. The minimum atomic E-state index is 0.112. The van der Waals surface area contributed by atoms with Crippen LogP contribution in [0.1, 0.15) is 57.9 Å². The van der Waals surface area contributed by atoms with Gasteiger partial charge in [0.1, 0.15) is 5.75 Å². The fourth-order valence-corrected chi connectivity index (χ4v) is 2.22. The van der Waals surface area contributed by atoms with Gasteiger partial charge in [-0.3, -0.25) is 4.79 Å². The van der Waals surface area contributed by atoms with Gasteiger partial charge in [0.25, 0.3) is 0 Å². The second-order valence-corrected chi connectivity index (χ2v) is 5.63. The van der Waals surface area contributed by atoms with E-state index in [-0.39, 0.29) is 5.91 Å². The van der Waals surface area contributed by atoms with Gasteiger partial charge in [-0.05, 0) is 37.0 Å². The average Bonchev–Trinajstić information content (AvgIpc) is 2.52. The normalized spacial score (nSPS) is 10.5. The molecule has 4 heteroatoms. The van der Waals surface area contributed by atoms with Crippen LogP contribution in [0, 0.1) is 0 Å². The van der Waals surface area contributed by atoms with Gasteiger partial charge in [-0.2, -0.15) is 0 Å². The highest BCUT2D eigenvalue weighted by atomic mass is 16.5. The first-order valence-corrected chi connectivity index (χ1v) is 8.45. The van der Waals surface area contributed by atoms with Crippen LogP contribution in [0.5, 0.6) is 5.75 Å². The number of carbonyl (C=O) groups excluding carboxylic acids is 1. The molecule has 0 saturated carbocycles. The molecule has 1 amide bonds. The molecule has 4 nitrogen and oxygen atoms in total. The summed E-state index contributed by atoms with van der Waals surface area (Å²) in [5.74, 6) is 0.840. The molecule has 1 rings (SSSR count). The highest BCUT2D eigenvalue weighted by Gasteiger charge is 2.05. The monoisotopic (exact) mass is 306 g/mol. The molecule has 0 atom stereocenters. The number of nitrogen functional groups attached to an aromatic ring is 1. The summed E-state index contributed by atoms with van der Waals surface area (Å²) in [7, 11) is 0. The second kappa shape index (κ2) is 10.9. The summed E-state index contributed by atoms with van der Waals surface area (Å²) in [5.41, 5.74) is 7.69. The van der Waals surface area contributed by atoms with E-state index < -0.39 is 0 Å². The molecule has 22 heavy (non-hydrogen) atoms. The summed E-state index contributed by atoms with van der Waals surface area (Å²) >= 11 is 0. The number of benzene rings is 1. The summed E-state index contributed by atoms with van der Waals surface area (Å²) in [6, 6.07) is 5.78. The molecule has 0 saturated heterocycles. The lowest BCUT2D eigenvalue weighted by atomic mass is 10.1. The molecule has 3 N–H and O–H groups in total. The quantitative estimate of drug-likeness (QED) is 0.484. The van der Waals surface area contributed by atoms with Crippen molar-refractivity contribution in [2.24, 2.45) is 0 Å². The standard InChI is InChI=1S/C18H30N2O2/c1-3-5-6-7-12-20-18(21)11-9-15-8-10-17(16(19)14-15)22-13-4-2/h8,10,14H,3-7,9,11-13,19H2,1-2H3,(H,20,21). The Kier molecular flexibility index (Phi) is 9.12. The molecule has 124 valence electrons. The Morgan fingerprint density at radius 3 is 2.68 bits per heavy atom. The van der Waals surface area contributed by atoms with Crippen molar-refractivity contribution in [3.8, 4) is 5.75 Å². The van der Waals surface area contributed by atoms with Crippen molar-refractivity contribution in [2.75, 3.05) is 18.9 Å². The van der Waals surface area contributed by atoms with E-state index in [1.807, 2.05) is 18.2 Å². The van der Waals surface area contributed by atoms with E-state index in [1.165, 1.54) is 19.3 Å². The van der Waals surface area contributed by atoms with E-state index in [2.05, 4.69) is 19.2 Å². The van der Waals surface area contributed by atoms with Gasteiger partial charge in [-0.25, -0.2) is 0 Å². The first kappa shape index (κ1) is 18.3. The van der Waals surface area contributed by atoms with Gasteiger partial charge in [0.15, 0.2) is 0 Å². The highest BCUT2D eigenvalue weighted by molar-refractivity contribution is 5.76. The Morgan fingerprint density at radius 2 is 2.00 bits per heavy atom. The smallest absolute Gasteiger partial charge is 0.220 e. The molecule has 0 bridgehead atoms. The maximum atomic E-state index is 11.8. The van der Waals surface area contributed by atoms with E-state index in [0.29, 0.717) is 25.1 Å². The van der Waals surface area contributed by atoms with Crippen molar-refractivity contribution in [2.45, 2.75) is 58.8 Å². The van der Waals surface area contributed by atoms with Gasteiger partial charge >= 0.3 is 0 Å². The molecule has 0 unspecified atom stereocenters. The van der Waals surface area contributed by atoms with Crippen LogP contribution in [0.25, 0.3) is 0 Å². The van der Waals surface area contributed by atoms with Crippen molar-refractivity contribution in [3.63, 3.8) is 0 Å². The van der Waals surface area contributed by atoms with Crippen LogP contribution in [-0.2, 0) is 11.2 Å². The Hall–Kier alpha value is -1.71. The minimum absolute atomic E-state index is 0.112. The number of carbonyl (C=O) groups is 1. The Balaban J connectivity index is 2.29. The van der Waals surface area contributed by atoms with Crippen molar-refractivity contribution >= 4 is 11.6 Å². The molecule has 0 radical (unpaired) electrons. The van der Waals surface area contributed by atoms with Crippen LogP contribution >= 0.6 is 0 Å². The van der Waals surface area contributed by atoms with Gasteiger partial charge < -0.3 is 15.8 Å². The number of rotatable bonds is 11. The maximum absolute atomic E-state index is 11.8. The molecule has 0 heterocycles. The predicted octanol–water partition coefficient (Wildman–Crippen LogP) is 3.69. The van der Waals surface area contributed by atoms with Crippen molar-refractivity contribution in [1.29, 1.82) is 0 Å². The van der Waals surface area contributed by atoms with Crippen molar-refractivity contribution < 1.29 is 9.53 Å². The Labute approximate surface area is 134 Å². The fraction of sp³-hybridized carbons (Fsp3) is 0.611. The summed E-state index contributed by atoms with van der Waals surface area (Å²) in [4.78, 5) is 11.8. The van der Waals surface area contributed by atoms with E-state index in [1.54, 1.807) is 0 Å². The van der Waals surface area contributed by atoms with Crippen LogP contribution in [0.4, 0.5) is 5.69 Å². The maximum Gasteiger partial charge on any atom is 0.220 e. The number of anilines is 1. The largest absolute Gasteiger partial charge is 0.491 e. The molecule has 0 aliphatic carbocycles. The third-order valence-electron chi connectivity index (χ3n) is 3.53. The van der Waals surface area contributed by atoms with Crippen molar-refractivity contribution in [3.05, 3.63) is 23.8 Å². The number of aryl methyl sites for hydroxylation is 1. The topological polar surface area (TPSA) is 64.3 Å². The lowest BCUT2D eigenvalue weighted by molar-refractivity contribution is -0.121. The average molecular weight is 306 g/mol. The molecular weight excluding hydrogens is 276 g/mol. The SMILES string of the molecule is CCCCCCNC(=O)CCc1ccc(OCCC)c(N)c1. The van der Waals surface area contributed by atoms with Gasteiger partial charge in [0.05, 0.1) is 12.3 Å². The molecule has 1 aromatic rings. The first-order valence-electron chi connectivity index (χ1n) is 8.45.